The minimum Gasteiger partial charge on any atom is -0.505 e. The predicted octanol–water partition coefficient (Wildman–Crippen LogP) is 2.45. The lowest BCUT2D eigenvalue weighted by Gasteiger charge is -2.02. The molecule has 1 aromatic rings. The molecule has 0 unspecified atom stereocenters. The summed E-state index contributed by atoms with van der Waals surface area (Å²) in [6.07, 6.45) is 0. The molecule has 0 saturated carbocycles. The first-order valence-electron chi connectivity index (χ1n) is 3.62. The summed E-state index contributed by atoms with van der Waals surface area (Å²) in [4.78, 5) is 11.3. The summed E-state index contributed by atoms with van der Waals surface area (Å²) in [5, 5.41) is 18.3. The number of rotatable bonds is 2. The Bertz CT molecular complexity index is 426. The van der Waals surface area contributed by atoms with Crippen molar-refractivity contribution < 1.29 is 9.90 Å². The van der Waals surface area contributed by atoms with Crippen molar-refractivity contribution in [1.29, 1.82) is 5.26 Å². The van der Waals surface area contributed by atoms with Crippen molar-refractivity contribution in [3.63, 3.8) is 0 Å². The maximum Gasteiger partial charge on any atom is 0.173 e. The Balaban J connectivity index is 3.32. The van der Waals surface area contributed by atoms with E-state index in [9.17, 15) is 9.90 Å². The molecule has 1 N–H and O–H groups in total. The lowest BCUT2D eigenvalue weighted by atomic mass is 10.1. The highest BCUT2D eigenvalue weighted by atomic mass is 127. The normalized spacial score (nSPS) is 9.50. The molecule has 0 spiro atoms. The van der Waals surface area contributed by atoms with Crippen molar-refractivity contribution in [3.8, 4) is 11.8 Å². The molecule has 0 aromatic heterocycles. The number of halogens is 2. The number of aromatic hydroxyl groups is 1. The summed E-state index contributed by atoms with van der Waals surface area (Å²) in [6, 6.07) is 4.78. The van der Waals surface area contributed by atoms with Crippen LogP contribution in [0.5, 0.6) is 5.75 Å². The number of phenols is 1. The lowest BCUT2D eigenvalue weighted by Crippen LogP contribution is -2.01. The van der Waals surface area contributed by atoms with E-state index in [0.717, 1.165) is 0 Å². The van der Waals surface area contributed by atoms with E-state index in [0.29, 0.717) is 9.13 Å². The lowest BCUT2D eigenvalue weighted by molar-refractivity contribution is 0.102. The van der Waals surface area contributed by atoms with E-state index in [2.05, 4.69) is 15.9 Å². The topological polar surface area (TPSA) is 61.1 Å². The number of nitrogens with zero attached hydrogens (tertiary/aromatic N) is 1. The van der Waals surface area contributed by atoms with Gasteiger partial charge < -0.3 is 5.11 Å². The van der Waals surface area contributed by atoms with Crippen molar-refractivity contribution >= 4 is 44.3 Å². The third-order valence-corrected chi connectivity index (χ3v) is 2.96. The van der Waals surface area contributed by atoms with Gasteiger partial charge in [-0.2, -0.15) is 5.26 Å². The van der Waals surface area contributed by atoms with Crippen LogP contribution in [0.1, 0.15) is 15.9 Å². The van der Waals surface area contributed by atoms with Gasteiger partial charge in [0, 0.05) is 5.56 Å². The summed E-state index contributed by atoms with van der Waals surface area (Å²) in [6.45, 7) is 0. The van der Waals surface area contributed by atoms with E-state index in [1.54, 1.807) is 6.07 Å². The van der Waals surface area contributed by atoms with Gasteiger partial charge in [0.15, 0.2) is 5.78 Å². The number of carbonyl (C=O) groups is 1. The Morgan fingerprint density at radius 2 is 2.29 bits per heavy atom. The van der Waals surface area contributed by atoms with Gasteiger partial charge in [-0.1, -0.05) is 15.9 Å². The van der Waals surface area contributed by atoms with Gasteiger partial charge in [-0.3, -0.25) is 4.79 Å². The Morgan fingerprint density at radius 1 is 1.64 bits per heavy atom. The van der Waals surface area contributed by atoms with Crippen LogP contribution in [-0.2, 0) is 0 Å². The average Bonchev–Trinajstić information content (AvgIpc) is 2.20. The molecule has 0 aliphatic carbocycles. The van der Waals surface area contributed by atoms with Crippen LogP contribution in [0.2, 0.25) is 0 Å². The summed E-state index contributed by atoms with van der Waals surface area (Å²) in [7, 11) is 0. The quantitative estimate of drug-likeness (QED) is 0.497. The smallest absolute Gasteiger partial charge is 0.173 e. The van der Waals surface area contributed by atoms with Crippen LogP contribution in [0.15, 0.2) is 12.1 Å². The Hall–Kier alpha value is -0.610. The molecule has 0 fully saturated rings. The molecular formula is C9H5BrINO2. The van der Waals surface area contributed by atoms with Gasteiger partial charge in [-0.15, -0.1) is 0 Å². The van der Waals surface area contributed by atoms with Crippen molar-refractivity contribution in [2.75, 3.05) is 5.33 Å². The molecular weight excluding hydrogens is 361 g/mol. The minimum atomic E-state index is -0.112. The van der Waals surface area contributed by atoms with Crippen LogP contribution in [0, 0.1) is 14.9 Å². The van der Waals surface area contributed by atoms with E-state index in [1.807, 2.05) is 28.7 Å². The Labute approximate surface area is 103 Å². The maximum atomic E-state index is 11.3. The van der Waals surface area contributed by atoms with Crippen molar-refractivity contribution in [1.82, 2.24) is 0 Å². The molecule has 0 amide bonds. The summed E-state index contributed by atoms with van der Waals surface area (Å²) < 4.78 is 0.506. The Morgan fingerprint density at radius 3 is 2.79 bits per heavy atom. The standard InChI is InChI=1S/C9H5BrINO2/c10-3-8(13)5-1-6(4-12)9(14)7(11)2-5/h1-2,14H,3H2. The van der Waals surface area contributed by atoms with Crippen molar-refractivity contribution in [2.24, 2.45) is 0 Å². The van der Waals surface area contributed by atoms with Crippen LogP contribution in [0.3, 0.4) is 0 Å². The van der Waals surface area contributed by atoms with Crippen LogP contribution in [0.4, 0.5) is 0 Å². The SMILES string of the molecule is N#Cc1cc(C(=O)CBr)cc(I)c1O. The highest BCUT2D eigenvalue weighted by Gasteiger charge is 2.11. The average molecular weight is 366 g/mol. The second-order valence-electron chi connectivity index (χ2n) is 2.52. The first kappa shape index (κ1) is 11.5. The van der Waals surface area contributed by atoms with Gasteiger partial charge in [-0.25, -0.2) is 0 Å². The van der Waals surface area contributed by atoms with Crippen LogP contribution in [0.25, 0.3) is 0 Å². The molecule has 0 saturated heterocycles. The minimum absolute atomic E-state index is 0.0702. The van der Waals surface area contributed by atoms with Gasteiger partial charge in [0.2, 0.25) is 0 Å². The number of phenolic OH excluding ortho intramolecular Hbond substituents is 1. The number of hydrogen-bond donors (Lipinski definition) is 1. The molecule has 0 bridgehead atoms. The second-order valence-corrected chi connectivity index (χ2v) is 4.25. The summed E-state index contributed by atoms with van der Waals surface area (Å²) >= 11 is 4.92. The number of Topliss-reactive ketones (excluding diaryl/α,β-unsaturated/α-hetero) is 1. The fourth-order valence-corrected chi connectivity index (χ4v) is 1.87. The fourth-order valence-electron chi connectivity index (χ4n) is 0.922. The molecule has 72 valence electrons. The van der Waals surface area contributed by atoms with E-state index in [-0.39, 0.29) is 22.4 Å². The maximum absolute atomic E-state index is 11.3. The van der Waals surface area contributed by atoms with Gasteiger partial charge in [-0.05, 0) is 34.7 Å². The summed E-state index contributed by atoms with van der Waals surface area (Å²) in [5.41, 5.74) is 0.557. The molecule has 0 atom stereocenters. The number of nitriles is 1. The number of ketones is 1. The number of carbonyl (C=O) groups excluding carboxylic acids is 1. The van der Waals surface area contributed by atoms with Gasteiger partial charge in [0.25, 0.3) is 0 Å². The van der Waals surface area contributed by atoms with Gasteiger partial charge >= 0.3 is 0 Å². The molecule has 0 heterocycles. The van der Waals surface area contributed by atoms with Crippen LogP contribution in [-0.4, -0.2) is 16.2 Å². The molecule has 5 heteroatoms. The van der Waals surface area contributed by atoms with E-state index in [4.69, 9.17) is 5.26 Å². The monoisotopic (exact) mass is 365 g/mol. The number of benzene rings is 1. The largest absolute Gasteiger partial charge is 0.505 e. The third-order valence-electron chi connectivity index (χ3n) is 1.63. The number of alkyl halides is 1. The van der Waals surface area contributed by atoms with Gasteiger partial charge in [0.05, 0.1) is 14.5 Å². The Kier molecular flexibility index (Phi) is 3.89. The molecule has 0 aliphatic rings. The van der Waals surface area contributed by atoms with Crippen LogP contribution >= 0.6 is 38.5 Å². The number of hydrogen-bond acceptors (Lipinski definition) is 3. The van der Waals surface area contributed by atoms with E-state index < -0.39 is 0 Å². The molecule has 1 rings (SSSR count). The van der Waals surface area contributed by atoms with Gasteiger partial charge in [0.1, 0.15) is 11.8 Å². The highest BCUT2D eigenvalue weighted by molar-refractivity contribution is 14.1. The molecule has 3 nitrogen and oxygen atoms in total. The first-order valence-corrected chi connectivity index (χ1v) is 5.82. The fraction of sp³-hybridized carbons (Fsp3) is 0.111. The molecule has 1 aromatic carbocycles. The molecule has 0 radical (unpaired) electrons. The van der Waals surface area contributed by atoms with E-state index in [1.165, 1.54) is 6.07 Å². The third kappa shape index (κ3) is 2.25. The first-order chi connectivity index (χ1) is 6.60. The van der Waals surface area contributed by atoms with Crippen molar-refractivity contribution in [3.05, 3.63) is 26.8 Å². The zero-order valence-corrected chi connectivity index (χ0v) is 10.7. The van der Waals surface area contributed by atoms with E-state index >= 15 is 0 Å². The second kappa shape index (κ2) is 4.75. The highest BCUT2D eigenvalue weighted by Crippen LogP contribution is 2.25. The summed E-state index contributed by atoms with van der Waals surface area (Å²) in [5.74, 6) is -0.182. The van der Waals surface area contributed by atoms with Crippen LogP contribution < -0.4 is 0 Å². The molecule has 0 aliphatic heterocycles. The zero-order valence-electron chi connectivity index (χ0n) is 6.92. The molecule has 14 heavy (non-hydrogen) atoms. The van der Waals surface area contributed by atoms with Crippen molar-refractivity contribution in [2.45, 2.75) is 0 Å². The predicted molar refractivity (Wildman–Crippen MR) is 63.7 cm³/mol. The zero-order chi connectivity index (χ0) is 10.7.